The Hall–Kier alpha value is -1.51. The predicted octanol–water partition coefficient (Wildman–Crippen LogP) is 0.620. The highest BCUT2D eigenvalue weighted by Gasteiger charge is 2.48. The molecule has 3 rings (SSSR count). The van der Waals surface area contributed by atoms with Crippen LogP contribution in [0.4, 0.5) is 0 Å². The number of benzene rings is 1. The standard InChI is InChI=1S/C15H20N2O5S.ClH/c1-23(19,20)15(4-6-16-7-5-15)14(18)17-9-11-2-3-12-13(8-11)22-10-21-12;/h2-3,8,16H,4-7,9-10H2,1H3,(H,17,18);1H. The second kappa shape index (κ2) is 7.16. The molecule has 134 valence electrons. The van der Waals surface area contributed by atoms with Crippen LogP contribution in [0.15, 0.2) is 18.2 Å². The maximum atomic E-state index is 12.6. The third-order valence-corrected chi connectivity index (χ3v) is 6.44. The minimum atomic E-state index is -3.50. The highest BCUT2D eigenvalue weighted by molar-refractivity contribution is 7.92. The van der Waals surface area contributed by atoms with E-state index in [0.717, 1.165) is 11.8 Å². The van der Waals surface area contributed by atoms with Gasteiger partial charge in [-0.3, -0.25) is 4.79 Å². The minimum Gasteiger partial charge on any atom is -0.454 e. The van der Waals surface area contributed by atoms with Crippen molar-refractivity contribution in [3.8, 4) is 11.5 Å². The van der Waals surface area contributed by atoms with E-state index in [1.807, 2.05) is 6.07 Å². The number of carbonyl (C=O) groups is 1. The van der Waals surface area contributed by atoms with E-state index in [-0.39, 0.29) is 25.7 Å². The van der Waals surface area contributed by atoms with Crippen molar-refractivity contribution in [2.75, 3.05) is 26.1 Å². The molecule has 0 unspecified atom stereocenters. The first-order valence-electron chi connectivity index (χ1n) is 7.49. The first-order valence-corrected chi connectivity index (χ1v) is 9.39. The molecular formula is C15H21ClN2O5S. The summed E-state index contributed by atoms with van der Waals surface area (Å²) in [6.07, 6.45) is 1.72. The summed E-state index contributed by atoms with van der Waals surface area (Å²) in [6, 6.07) is 5.39. The van der Waals surface area contributed by atoms with E-state index in [0.29, 0.717) is 37.4 Å². The lowest BCUT2D eigenvalue weighted by atomic mass is 9.95. The lowest BCUT2D eigenvalue weighted by Crippen LogP contribution is -2.57. The zero-order valence-corrected chi connectivity index (χ0v) is 15.0. The second-order valence-electron chi connectivity index (χ2n) is 5.89. The highest BCUT2D eigenvalue weighted by atomic mass is 35.5. The second-order valence-corrected chi connectivity index (χ2v) is 8.21. The molecule has 1 fully saturated rings. The number of rotatable bonds is 4. The number of carbonyl (C=O) groups excluding carboxylic acids is 1. The maximum Gasteiger partial charge on any atom is 0.241 e. The van der Waals surface area contributed by atoms with Crippen LogP contribution in [0.5, 0.6) is 11.5 Å². The SMILES string of the molecule is CS(=O)(=O)C1(C(=O)NCc2ccc3c(c2)OCO3)CCNCC1.Cl. The van der Waals surface area contributed by atoms with Crippen molar-refractivity contribution in [1.82, 2.24) is 10.6 Å². The Morgan fingerprint density at radius 1 is 1.25 bits per heavy atom. The third kappa shape index (κ3) is 3.45. The van der Waals surface area contributed by atoms with Gasteiger partial charge in [0.25, 0.3) is 0 Å². The van der Waals surface area contributed by atoms with Crippen molar-refractivity contribution < 1.29 is 22.7 Å². The molecule has 0 aromatic heterocycles. The van der Waals surface area contributed by atoms with Crippen LogP contribution >= 0.6 is 12.4 Å². The smallest absolute Gasteiger partial charge is 0.241 e. The van der Waals surface area contributed by atoms with Crippen molar-refractivity contribution in [3.05, 3.63) is 23.8 Å². The Morgan fingerprint density at radius 2 is 1.92 bits per heavy atom. The van der Waals surface area contributed by atoms with Crippen LogP contribution in [-0.4, -0.2) is 45.2 Å². The Kier molecular flexibility index (Phi) is 5.62. The zero-order chi connectivity index (χ0) is 16.5. The minimum absolute atomic E-state index is 0. The number of halogens is 1. The largest absolute Gasteiger partial charge is 0.454 e. The molecule has 1 amide bonds. The fourth-order valence-corrected chi connectivity index (χ4v) is 4.35. The lowest BCUT2D eigenvalue weighted by Gasteiger charge is -2.34. The van der Waals surface area contributed by atoms with E-state index < -0.39 is 20.5 Å². The summed E-state index contributed by atoms with van der Waals surface area (Å²) in [4.78, 5) is 12.6. The average Bonchev–Trinajstić information content (AvgIpc) is 2.99. The Bertz CT molecular complexity index is 717. The molecule has 2 heterocycles. The van der Waals surface area contributed by atoms with Gasteiger partial charge in [-0.2, -0.15) is 0 Å². The number of ether oxygens (including phenoxy) is 2. The van der Waals surface area contributed by atoms with Crippen LogP contribution in [0.1, 0.15) is 18.4 Å². The van der Waals surface area contributed by atoms with E-state index in [2.05, 4.69) is 10.6 Å². The number of piperidine rings is 1. The molecule has 2 N–H and O–H groups in total. The van der Waals surface area contributed by atoms with Gasteiger partial charge in [0.15, 0.2) is 26.1 Å². The number of fused-ring (bicyclic) bond motifs is 1. The number of sulfone groups is 1. The highest BCUT2D eigenvalue weighted by Crippen LogP contribution is 2.33. The summed E-state index contributed by atoms with van der Waals surface area (Å²) >= 11 is 0. The molecule has 1 saturated heterocycles. The van der Waals surface area contributed by atoms with Crippen molar-refractivity contribution in [3.63, 3.8) is 0 Å². The van der Waals surface area contributed by atoms with Gasteiger partial charge in [0.05, 0.1) is 0 Å². The van der Waals surface area contributed by atoms with Crippen LogP contribution in [0, 0.1) is 0 Å². The quantitative estimate of drug-likeness (QED) is 0.800. The van der Waals surface area contributed by atoms with Gasteiger partial charge < -0.3 is 20.1 Å². The maximum absolute atomic E-state index is 12.6. The topological polar surface area (TPSA) is 93.7 Å². The van der Waals surface area contributed by atoms with Crippen molar-refractivity contribution >= 4 is 28.2 Å². The number of amides is 1. The predicted molar refractivity (Wildman–Crippen MR) is 91.3 cm³/mol. The van der Waals surface area contributed by atoms with Crippen molar-refractivity contribution in [2.45, 2.75) is 24.1 Å². The monoisotopic (exact) mass is 376 g/mol. The summed E-state index contributed by atoms with van der Waals surface area (Å²) < 4.78 is 33.6. The average molecular weight is 377 g/mol. The fraction of sp³-hybridized carbons (Fsp3) is 0.533. The van der Waals surface area contributed by atoms with Gasteiger partial charge in [-0.05, 0) is 43.6 Å². The van der Waals surface area contributed by atoms with Crippen molar-refractivity contribution in [2.24, 2.45) is 0 Å². The Labute approximate surface area is 147 Å². The third-order valence-electron chi connectivity index (χ3n) is 4.42. The zero-order valence-electron chi connectivity index (χ0n) is 13.3. The fourth-order valence-electron chi connectivity index (χ4n) is 2.99. The van der Waals surface area contributed by atoms with Gasteiger partial charge in [-0.1, -0.05) is 6.07 Å². The van der Waals surface area contributed by atoms with Gasteiger partial charge in [0.1, 0.15) is 0 Å². The molecule has 1 aromatic carbocycles. The van der Waals surface area contributed by atoms with E-state index in [1.165, 1.54) is 0 Å². The Morgan fingerprint density at radius 3 is 2.58 bits per heavy atom. The Balaban J connectivity index is 0.00000208. The number of hydrogen-bond acceptors (Lipinski definition) is 6. The van der Waals surface area contributed by atoms with Gasteiger partial charge in [0, 0.05) is 12.8 Å². The molecule has 2 aliphatic rings. The van der Waals surface area contributed by atoms with Crippen LogP contribution in [0.2, 0.25) is 0 Å². The molecule has 0 bridgehead atoms. The van der Waals surface area contributed by atoms with E-state index in [9.17, 15) is 13.2 Å². The summed E-state index contributed by atoms with van der Waals surface area (Å²) in [5, 5.41) is 5.86. The van der Waals surface area contributed by atoms with Gasteiger partial charge >= 0.3 is 0 Å². The molecule has 0 radical (unpaired) electrons. The van der Waals surface area contributed by atoms with Crippen LogP contribution in [-0.2, 0) is 21.2 Å². The summed E-state index contributed by atoms with van der Waals surface area (Å²) in [5.74, 6) is 0.877. The molecule has 24 heavy (non-hydrogen) atoms. The normalized spacial score (nSPS) is 18.5. The van der Waals surface area contributed by atoms with Crippen LogP contribution < -0.4 is 20.1 Å². The molecule has 7 nitrogen and oxygen atoms in total. The molecule has 0 aliphatic carbocycles. The first kappa shape index (κ1) is 18.8. The van der Waals surface area contributed by atoms with Gasteiger partial charge in [0.2, 0.25) is 12.7 Å². The molecule has 2 aliphatic heterocycles. The summed E-state index contributed by atoms with van der Waals surface area (Å²) in [7, 11) is -3.50. The van der Waals surface area contributed by atoms with E-state index in [4.69, 9.17) is 9.47 Å². The molecule has 0 saturated carbocycles. The van der Waals surface area contributed by atoms with Gasteiger partial charge in [-0.15, -0.1) is 12.4 Å². The summed E-state index contributed by atoms with van der Waals surface area (Å²) in [5.41, 5.74) is 0.834. The van der Waals surface area contributed by atoms with Gasteiger partial charge in [-0.25, -0.2) is 8.42 Å². The van der Waals surface area contributed by atoms with Crippen molar-refractivity contribution in [1.29, 1.82) is 0 Å². The molecular weight excluding hydrogens is 356 g/mol. The van der Waals surface area contributed by atoms with E-state index >= 15 is 0 Å². The van der Waals surface area contributed by atoms with Crippen LogP contribution in [0.3, 0.4) is 0 Å². The molecule has 1 aromatic rings. The van der Waals surface area contributed by atoms with Crippen LogP contribution in [0.25, 0.3) is 0 Å². The lowest BCUT2D eigenvalue weighted by molar-refractivity contribution is -0.124. The first-order chi connectivity index (χ1) is 10.9. The molecule has 0 spiro atoms. The molecule has 0 atom stereocenters. The number of nitrogens with one attached hydrogen (secondary N) is 2. The summed E-state index contributed by atoms with van der Waals surface area (Å²) in [6.45, 7) is 1.48. The number of hydrogen-bond donors (Lipinski definition) is 2. The molecule has 9 heteroatoms. The van der Waals surface area contributed by atoms with E-state index in [1.54, 1.807) is 12.1 Å².